The smallest absolute Gasteiger partial charge is 0.315 e. The molecule has 224 valence electrons. The number of fused-ring (bicyclic) bond motifs is 2. The number of methoxy groups -OCH3 is 1. The van der Waals surface area contributed by atoms with Gasteiger partial charge in [0.25, 0.3) is 0 Å². The maximum Gasteiger partial charge on any atom is 0.315 e. The number of rotatable bonds is 10. The Balaban J connectivity index is 1.08. The Bertz CT molecular complexity index is 1630. The highest BCUT2D eigenvalue weighted by Gasteiger charge is 2.30. The van der Waals surface area contributed by atoms with Crippen molar-refractivity contribution < 1.29 is 23.5 Å². The number of piperidine rings is 1. The predicted octanol–water partition coefficient (Wildman–Crippen LogP) is 5.01. The zero-order valence-electron chi connectivity index (χ0n) is 24.4. The number of halogens is 1. The number of amides is 1. The highest BCUT2D eigenvalue weighted by molar-refractivity contribution is 5.82. The molecule has 3 aromatic carbocycles. The Hall–Kier alpha value is -4.08. The lowest BCUT2D eigenvalue weighted by Gasteiger charge is -2.33. The van der Waals surface area contributed by atoms with Gasteiger partial charge in [0.05, 0.1) is 11.9 Å². The number of hydrogen-bond donors (Lipinski definition) is 1. The molecular weight excluding hydrogens is 547 g/mol. The molecule has 1 saturated heterocycles. The number of carbonyl (C=O) groups excluding carboxylic acids is 2. The van der Waals surface area contributed by atoms with E-state index in [-0.39, 0.29) is 36.1 Å². The van der Waals surface area contributed by atoms with Crippen molar-refractivity contribution in [2.24, 2.45) is 5.73 Å². The molecule has 1 fully saturated rings. The van der Waals surface area contributed by atoms with E-state index >= 15 is 0 Å². The summed E-state index contributed by atoms with van der Waals surface area (Å²) in [4.78, 5) is 31.6. The number of nitrogens with two attached hydrogens (primary N) is 1. The van der Waals surface area contributed by atoms with E-state index in [0.29, 0.717) is 50.3 Å². The van der Waals surface area contributed by atoms with E-state index in [9.17, 15) is 14.0 Å². The summed E-state index contributed by atoms with van der Waals surface area (Å²) in [6, 6.07) is 18.7. The SMILES string of the molecule is COCCCn1c([C@@H]2CCCN(C(=O)C[C@H](N)Cc3ccc(-c4ccc5c(c4)CC(=O)O5)cc3)C2)nc2c(F)cccc21. The number of esters is 1. The van der Waals surface area contributed by atoms with Gasteiger partial charge in [-0.05, 0) is 66.6 Å². The van der Waals surface area contributed by atoms with Gasteiger partial charge in [-0.15, -0.1) is 0 Å². The Labute approximate surface area is 250 Å². The van der Waals surface area contributed by atoms with Crippen LogP contribution < -0.4 is 10.5 Å². The standard InChI is InChI=1S/C34H37FN4O4/c1-42-16-4-15-39-29-7-2-6-28(35)33(29)37-34(39)25-5-3-14-38(21-25)31(40)20-27(36)17-22-8-10-23(11-9-22)24-12-13-30-26(18-24)19-32(41)43-30/h2,6-13,18,25,27H,3-5,14-17,19-21,36H2,1H3/t25-,27-/m1/s1. The lowest BCUT2D eigenvalue weighted by atomic mass is 9.95. The molecule has 0 saturated carbocycles. The molecule has 9 heteroatoms. The van der Waals surface area contributed by atoms with Crippen LogP contribution in [0.1, 0.15) is 48.6 Å². The Morgan fingerprint density at radius 1 is 1.16 bits per heavy atom. The molecule has 1 amide bonds. The van der Waals surface area contributed by atoms with E-state index in [1.54, 1.807) is 13.2 Å². The van der Waals surface area contributed by atoms with Crippen molar-refractivity contribution in [1.29, 1.82) is 0 Å². The van der Waals surface area contributed by atoms with Crippen molar-refractivity contribution in [3.05, 3.63) is 83.4 Å². The average molecular weight is 585 g/mol. The topological polar surface area (TPSA) is 99.7 Å². The van der Waals surface area contributed by atoms with Crippen LogP contribution in [0.2, 0.25) is 0 Å². The quantitative estimate of drug-likeness (QED) is 0.160. The minimum Gasteiger partial charge on any atom is -0.426 e. The molecule has 0 bridgehead atoms. The molecule has 0 spiro atoms. The molecule has 1 aromatic heterocycles. The number of carbonyl (C=O) groups is 2. The number of aryl methyl sites for hydroxylation is 1. The third-order valence-corrected chi connectivity index (χ3v) is 8.47. The molecule has 0 radical (unpaired) electrons. The number of ether oxygens (including phenoxy) is 2. The van der Waals surface area contributed by atoms with Gasteiger partial charge in [-0.25, -0.2) is 9.37 Å². The second kappa shape index (κ2) is 12.7. The Morgan fingerprint density at radius 2 is 1.98 bits per heavy atom. The minimum absolute atomic E-state index is 0.0275. The summed E-state index contributed by atoms with van der Waals surface area (Å²) in [6.07, 6.45) is 3.69. The number of imidazole rings is 1. The van der Waals surface area contributed by atoms with Crippen LogP contribution in [-0.4, -0.2) is 59.2 Å². The van der Waals surface area contributed by atoms with E-state index < -0.39 is 0 Å². The second-order valence-electron chi connectivity index (χ2n) is 11.6. The summed E-state index contributed by atoms with van der Waals surface area (Å²) in [5, 5.41) is 0. The van der Waals surface area contributed by atoms with Crippen LogP contribution in [0.5, 0.6) is 5.75 Å². The highest BCUT2D eigenvalue weighted by Crippen LogP contribution is 2.32. The summed E-state index contributed by atoms with van der Waals surface area (Å²) in [7, 11) is 1.67. The van der Waals surface area contributed by atoms with Gasteiger partial charge in [0.2, 0.25) is 5.91 Å². The van der Waals surface area contributed by atoms with Crippen molar-refractivity contribution in [1.82, 2.24) is 14.5 Å². The highest BCUT2D eigenvalue weighted by atomic mass is 19.1. The summed E-state index contributed by atoms with van der Waals surface area (Å²) >= 11 is 0. The lowest BCUT2D eigenvalue weighted by Crippen LogP contribution is -2.42. The van der Waals surface area contributed by atoms with Crippen LogP contribution in [0.25, 0.3) is 22.2 Å². The Morgan fingerprint density at radius 3 is 2.79 bits per heavy atom. The first-order chi connectivity index (χ1) is 20.9. The maximum atomic E-state index is 14.6. The van der Waals surface area contributed by atoms with Crippen molar-refractivity contribution in [3.63, 3.8) is 0 Å². The Kier molecular flexibility index (Phi) is 8.54. The van der Waals surface area contributed by atoms with Gasteiger partial charge in [0, 0.05) is 57.3 Å². The van der Waals surface area contributed by atoms with Gasteiger partial charge in [-0.2, -0.15) is 0 Å². The molecule has 6 rings (SSSR count). The van der Waals surface area contributed by atoms with Crippen LogP contribution >= 0.6 is 0 Å². The van der Waals surface area contributed by atoms with Crippen LogP contribution in [-0.2, 0) is 33.7 Å². The molecule has 2 N–H and O–H groups in total. The van der Waals surface area contributed by atoms with E-state index in [2.05, 4.69) is 4.57 Å². The molecular formula is C34H37FN4O4. The number of para-hydroxylation sites is 1. The van der Waals surface area contributed by atoms with Gasteiger partial charge in [-0.1, -0.05) is 36.4 Å². The summed E-state index contributed by atoms with van der Waals surface area (Å²) < 4.78 is 27.2. The number of benzene rings is 3. The molecule has 43 heavy (non-hydrogen) atoms. The molecule has 2 atom stereocenters. The van der Waals surface area contributed by atoms with E-state index in [4.69, 9.17) is 20.2 Å². The summed E-state index contributed by atoms with van der Waals surface area (Å²) in [5.41, 5.74) is 11.7. The first-order valence-corrected chi connectivity index (χ1v) is 15.0. The maximum absolute atomic E-state index is 14.6. The van der Waals surface area contributed by atoms with Crippen LogP contribution in [0, 0.1) is 5.82 Å². The number of hydrogen-bond acceptors (Lipinski definition) is 6. The van der Waals surface area contributed by atoms with Gasteiger partial charge in [0.15, 0.2) is 5.82 Å². The predicted molar refractivity (Wildman–Crippen MR) is 162 cm³/mol. The van der Waals surface area contributed by atoms with Crippen molar-refractivity contribution >= 4 is 22.9 Å². The largest absolute Gasteiger partial charge is 0.426 e. The van der Waals surface area contributed by atoms with Crippen LogP contribution in [0.4, 0.5) is 4.39 Å². The number of likely N-dealkylation sites (tertiary alicyclic amines) is 1. The van der Waals surface area contributed by atoms with Crippen molar-refractivity contribution in [2.75, 3.05) is 26.8 Å². The first-order valence-electron chi connectivity index (χ1n) is 15.0. The molecule has 3 heterocycles. The van der Waals surface area contributed by atoms with Crippen LogP contribution in [0.3, 0.4) is 0 Å². The molecule has 4 aromatic rings. The molecule has 2 aliphatic heterocycles. The average Bonchev–Trinajstić information content (AvgIpc) is 3.57. The zero-order chi connectivity index (χ0) is 29.9. The summed E-state index contributed by atoms with van der Waals surface area (Å²) in [6.45, 7) is 2.52. The van der Waals surface area contributed by atoms with Gasteiger partial charge in [-0.3, -0.25) is 9.59 Å². The zero-order valence-corrected chi connectivity index (χ0v) is 24.4. The first kappa shape index (κ1) is 29.0. The third-order valence-electron chi connectivity index (χ3n) is 8.47. The van der Waals surface area contributed by atoms with E-state index in [1.165, 1.54) is 6.07 Å². The van der Waals surface area contributed by atoms with Gasteiger partial charge >= 0.3 is 5.97 Å². The third kappa shape index (κ3) is 6.33. The number of aromatic nitrogens is 2. The fraction of sp³-hybridized carbons (Fsp3) is 0.382. The fourth-order valence-electron chi connectivity index (χ4n) is 6.33. The molecule has 8 nitrogen and oxygen atoms in total. The lowest BCUT2D eigenvalue weighted by molar-refractivity contribution is -0.133. The number of nitrogens with zero attached hydrogens (tertiary/aromatic N) is 3. The summed E-state index contributed by atoms with van der Waals surface area (Å²) in [5.74, 6) is 0.984. The fourth-order valence-corrected chi connectivity index (χ4v) is 6.33. The minimum atomic E-state index is -0.328. The normalized spacial score (nSPS) is 17.2. The van der Waals surface area contributed by atoms with Crippen LogP contribution in [0.15, 0.2) is 60.7 Å². The molecule has 2 aliphatic rings. The molecule has 0 aliphatic carbocycles. The van der Waals surface area contributed by atoms with Gasteiger partial charge in [0.1, 0.15) is 17.1 Å². The van der Waals surface area contributed by atoms with E-state index in [1.807, 2.05) is 53.4 Å². The van der Waals surface area contributed by atoms with Gasteiger partial charge < -0.3 is 24.7 Å². The second-order valence-corrected chi connectivity index (χ2v) is 11.6. The molecule has 0 unspecified atom stereocenters. The monoisotopic (exact) mass is 584 g/mol. The van der Waals surface area contributed by atoms with Crippen molar-refractivity contribution in [2.45, 2.75) is 57.0 Å². The van der Waals surface area contributed by atoms with Crippen molar-refractivity contribution in [3.8, 4) is 16.9 Å². The van der Waals surface area contributed by atoms with E-state index in [0.717, 1.165) is 52.9 Å².